The minimum atomic E-state index is -4.50. The Morgan fingerprint density at radius 2 is 1.76 bits per heavy atom. The van der Waals surface area contributed by atoms with Crippen LogP contribution in [0.25, 0.3) is 16.7 Å². The van der Waals surface area contributed by atoms with Crippen molar-refractivity contribution in [1.82, 2.24) is 24.5 Å². The van der Waals surface area contributed by atoms with Crippen LogP contribution in [0.2, 0.25) is 0 Å². The van der Waals surface area contributed by atoms with E-state index in [2.05, 4.69) is 27.0 Å². The summed E-state index contributed by atoms with van der Waals surface area (Å²) < 4.78 is 71.6. The van der Waals surface area contributed by atoms with Crippen LogP contribution in [-0.2, 0) is 6.54 Å². The van der Waals surface area contributed by atoms with Crippen molar-refractivity contribution in [3.63, 3.8) is 0 Å². The Morgan fingerprint density at radius 3 is 2.49 bits per heavy atom. The predicted octanol–water partition coefficient (Wildman–Crippen LogP) is 5.39. The highest BCUT2D eigenvalue weighted by molar-refractivity contribution is 5.94. The molecule has 1 aliphatic heterocycles. The van der Waals surface area contributed by atoms with Crippen LogP contribution in [0.15, 0.2) is 30.3 Å². The van der Waals surface area contributed by atoms with E-state index < -0.39 is 23.2 Å². The Kier molecular flexibility index (Phi) is 5.83. The third-order valence-corrected chi connectivity index (χ3v) is 6.60. The summed E-state index contributed by atoms with van der Waals surface area (Å²) in [5, 5.41) is 8.08. The number of hydrogen-bond acceptors (Lipinski definition) is 5. The molecule has 11 heteroatoms. The van der Waals surface area contributed by atoms with Gasteiger partial charge in [-0.25, -0.2) is 8.78 Å². The van der Waals surface area contributed by atoms with Gasteiger partial charge < -0.3 is 9.80 Å². The molecule has 0 radical (unpaired) electrons. The minimum absolute atomic E-state index is 0.0411. The molecule has 0 atom stereocenters. The monoisotopic (exact) mass is 514 g/mol. The van der Waals surface area contributed by atoms with Gasteiger partial charge >= 0.3 is 6.18 Å². The zero-order chi connectivity index (χ0) is 26.7. The molecule has 6 nitrogen and oxygen atoms in total. The lowest BCUT2D eigenvalue weighted by atomic mass is 9.92. The van der Waals surface area contributed by atoms with E-state index in [1.54, 1.807) is 34.4 Å². The van der Waals surface area contributed by atoms with Crippen molar-refractivity contribution in [2.75, 3.05) is 25.0 Å². The molecule has 0 N–H and O–H groups in total. The van der Waals surface area contributed by atoms with Gasteiger partial charge in [-0.05, 0) is 52.1 Å². The van der Waals surface area contributed by atoms with Crippen LogP contribution in [-0.4, -0.2) is 50.8 Å². The Labute approximate surface area is 209 Å². The molecule has 0 spiro atoms. The van der Waals surface area contributed by atoms with E-state index >= 15 is 4.39 Å². The zero-order valence-corrected chi connectivity index (χ0v) is 20.6. The molecule has 192 valence electrons. The Morgan fingerprint density at radius 1 is 1.00 bits per heavy atom. The number of anilines is 2. The van der Waals surface area contributed by atoms with Gasteiger partial charge in [-0.2, -0.15) is 18.2 Å². The first-order valence-electron chi connectivity index (χ1n) is 11.6. The van der Waals surface area contributed by atoms with Crippen molar-refractivity contribution < 1.29 is 22.0 Å². The average Bonchev–Trinajstić information content (AvgIpc) is 3.11. The summed E-state index contributed by atoms with van der Waals surface area (Å²) in [5.41, 5.74) is -0.176. The maximum Gasteiger partial charge on any atom is 0.404 e. The quantitative estimate of drug-likeness (QED) is 0.252. The molecule has 4 aromatic rings. The molecule has 1 aliphatic rings. The molecule has 37 heavy (non-hydrogen) atoms. The molecule has 5 rings (SSSR count). The van der Waals surface area contributed by atoms with Crippen LogP contribution in [0.4, 0.5) is 33.5 Å². The lowest BCUT2D eigenvalue weighted by Crippen LogP contribution is -2.30. The van der Waals surface area contributed by atoms with Gasteiger partial charge in [-0.15, -0.1) is 10.2 Å². The number of fused-ring (bicyclic) bond motifs is 4. The van der Waals surface area contributed by atoms with E-state index in [0.29, 0.717) is 47.8 Å². The topological polar surface area (TPSA) is 49.6 Å². The van der Waals surface area contributed by atoms with Crippen molar-refractivity contribution in [3.05, 3.63) is 58.9 Å². The third-order valence-electron chi connectivity index (χ3n) is 6.60. The Hall–Kier alpha value is -3.78. The number of hydrogen-bond donors (Lipinski definition) is 0. The normalized spacial score (nSPS) is 15.0. The van der Waals surface area contributed by atoms with E-state index in [9.17, 15) is 17.6 Å². The largest absolute Gasteiger partial charge is 0.404 e. The van der Waals surface area contributed by atoms with E-state index in [1.807, 2.05) is 11.9 Å². The fourth-order valence-electron chi connectivity index (χ4n) is 4.36. The summed E-state index contributed by atoms with van der Waals surface area (Å²) in [6.07, 6.45) is -4.50. The lowest BCUT2D eigenvalue weighted by molar-refractivity contribution is -0.190. The summed E-state index contributed by atoms with van der Waals surface area (Å²) in [6.45, 7) is 5.02. The number of rotatable bonds is 1. The molecular weight excluding hydrogens is 491 g/mol. The van der Waals surface area contributed by atoms with Crippen LogP contribution < -0.4 is 4.90 Å². The summed E-state index contributed by atoms with van der Waals surface area (Å²) in [5.74, 6) is 3.83. The number of alkyl halides is 3. The second-order valence-electron chi connectivity index (χ2n) is 9.64. The number of halogens is 5. The van der Waals surface area contributed by atoms with Crippen LogP contribution in [0.1, 0.15) is 30.8 Å². The van der Waals surface area contributed by atoms with E-state index in [0.717, 1.165) is 19.9 Å². The highest BCUT2D eigenvalue weighted by Gasteiger charge is 2.46. The fraction of sp³-hybridized carbons (Fsp3) is 0.346. The molecule has 0 fully saturated rings. The molecule has 2 aromatic heterocycles. The molecule has 0 saturated carbocycles. The first-order chi connectivity index (χ1) is 17.4. The van der Waals surface area contributed by atoms with Gasteiger partial charge in [0.15, 0.2) is 11.6 Å². The van der Waals surface area contributed by atoms with Gasteiger partial charge in [0.05, 0.1) is 10.9 Å². The zero-order valence-electron chi connectivity index (χ0n) is 20.6. The van der Waals surface area contributed by atoms with Gasteiger partial charge in [0.25, 0.3) is 5.78 Å². The molecule has 0 saturated heterocycles. The number of aromatic nitrogens is 4. The number of likely N-dealkylation sites (N-methyl/N-ethyl adjacent to an activating group) is 1. The van der Waals surface area contributed by atoms with Gasteiger partial charge in [-0.1, -0.05) is 17.9 Å². The molecule has 2 aromatic carbocycles. The molecule has 3 heterocycles. The second-order valence-corrected chi connectivity index (χ2v) is 9.64. The smallest absolute Gasteiger partial charge is 0.324 e. The number of nitrogens with zero attached hydrogens (tertiary/aromatic N) is 6. The first-order valence-corrected chi connectivity index (χ1v) is 11.6. The van der Waals surface area contributed by atoms with Crippen molar-refractivity contribution in [2.24, 2.45) is 5.41 Å². The third kappa shape index (κ3) is 4.15. The van der Waals surface area contributed by atoms with Gasteiger partial charge in [0.2, 0.25) is 0 Å². The molecule has 0 bridgehead atoms. The van der Waals surface area contributed by atoms with Crippen LogP contribution in [0.5, 0.6) is 0 Å². The molecule has 0 unspecified atom stereocenters. The highest BCUT2D eigenvalue weighted by Crippen LogP contribution is 2.39. The van der Waals surface area contributed by atoms with Crippen LogP contribution in [0.3, 0.4) is 0 Å². The predicted molar refractivity (Wildman–Crippen MR) is 129 cm³/mol. The van der Waals surface area contributed by atoms with E-state index in [4.69, 9.17) is 0 Å². The fourth-order valence-corrected chi connectivity index (χ4v) is 4.36. The maximum absolute atomic E-state index is 15.3. The highest BCUT2D eigenvalue weighted by atomic mass is 19.4. The summed E-state index contributed by atoms with van der Waals surface area (Å²) in [7, 11) is 1.87. The first kappa shape index (κ1) is 24.9. The second kappa shape index (κ2) is 8.66. The van der Waals surface area contributed by atoms with Crippen molar-refractivity contribution in [1.29, 1.82) is 0 Å². The molecule has 0 aliphatic carbocycles. The van der Waals surface area contributed by atoms with Crippen molar-refractivity contribution in [2.45, 2.75) is 33.5 Å². The van der Waals surface area contributed by atoms with Crippen LogP contribution in [0, 0.1) is 35.8 Å². The van der Waals surface area contributed by atoms with Crippen LogP contribution >= 0.6 is 0 Å². The van der Waals surface area contributed by atoms with Crippen molar-refractivity contribution >= 4 is 28.2 Å². The van der Waals surface area contributed by atoms with Gasteiger partial charge in [0, 0.05) is 36.4 Å². The van der Waals surface area contributed by atoms with E-state index in [1.165, 1.54) is 6.07 Å². The summed E-state index contributed by atoms with van der Waals surface area (Å²) >= 11 is 0. The standard InChI is InChI=1S/C26H23F5N6/c1-15-33-34-24-32-23(21-20(37(15)24)9-8-18(27)22(21)28)36-13-12-35(4)14-17-16(6-5-7-19(17)36)10-11-25(2,3)26(29,30)31/h5-9H,12-14H2,1-4H3. The summed E-state index contributed by atoms with van der Waals surface area (Å²) in [6, 6.07) is 7.61. The van der Waals surface area contributed by atoms with E-state index in [-0.39, 0.29) is 17.0 Å². The Balaban J connectivity index is 1.76. The van der Waals surface area contributed by atoms with Gasteiger partial charge in [0.1, 0.15) is 17.1 Å². The lowest BCUT2D eigenvalue weighted by Gasteiger charge is -2.26. The molecule has 0 amide bonds. The minimum Gasteiger partial charge on any atom is -0.324 e. The summed E-state index contributed by atoms with van der Waals surface area (Å²) in [4.78, 5) is 8.30. The Bertz CT molecular complexity index is 1590. The van der Waals surface area contributed by atoms with Gasteiger partial charge in [-0.3, -0.25) is 4.40 Å². The number of benzene rings is 2. The van der Waals surface area contributed by atoms with Crippen molar-refractivity contribution in [3.8, 4) is 11.8 Å². The number of aryl methyl sites for hydroxylation is 1. The SMILES string of the molecule is Cc1nnc2nc(N3CCN(C)Cc4c(C#CC(C)(C)C(F)(F)F)cccc43)c3c(F)c(F)ccc3n12. The average molecular weight is 515 g/mol. The molecular formula is C26H23F5N6. The maximum atomic E-state index is 15.3.